The monoisotopic (exact) mass is 512 g/mol. The topological polar surface area (TPSA) is 257 Å². The summed E-state index contributed by atoms with van der Waals surface area (Å²) in [6, 6.07) is -0.0529. The molecule has 4 atom stereocenters. The van der Waals surface area contributed by atoms with Crippen LogP contribution in [-0.4, -0.2) is 75.6 Å². The third-order valence-corrected chi connectivity index (χ3v) is 4.97. The van der Waals surface area contributed by atoms with Gasteiger partial charge in [-0.25, -0.2) is 4.79 Å². The number of aromatic hydroxyl groups is 1. The molecule has 15 heteroatoms. The summed E-state index contributed by atoms with van der Waals surface area (Å²) in [5.74, 6) is -6.30. The van der Waals surface area contributed by atoms with Crippen LogP contribution in [0.25, 0.3) is 0 Å². The number of phenols is 1. The van der Waals surface area contributed by atoms with Gasteiger partial charge in [-0.3, -0.25) is 24.0 Å². The second-order valence-corrected chi connectivity index (χ2v) is 7.89. The van der Waals surface area contributed by atoms with Crippen molar-refractivity contribution in [3.63, 3.8) is 0 Å². The minimum absolute atomic E-state index is 0.0321. The highest BCUT2D eigenvalue weighted by atomic mass is 32.1. The van der Waals surface area contributed by atoms with Gasteiger partial charge in [0.1, 0.15) is 23.9 Å². The second kappa shape index (κ2) is 13.8. The molecule has 1 rings (SSSR count). The number of hydrogen-bond donors (Lipinski definition) is 9. The van der Waals surface area contributed by atoms with Crippen LogP contribution in [0.2, 0.25) is 0 Å². The fourth-order valence-corrected chi connectivity index (χ4v) is 3.06. The molecule has 0 heterocycles. The van der Waals surface area contributed by atoms with E-state index in [1.54, 1.807) is 0 Å². The molecule has 1 aromatic rings. The first-order chi connectivity index (χ1) is 16.3. The van der Waals surface area contributed by atoms with Crippen molar-refractivity contribution in [3.8, 4) is 5.75 Å². The number of carboxylic acid groups (broad SMARTS) is 1. The van der Waals surface area contributed by atoms with Crippen LogP contribution < -0.4 is 33.2 Å². The highest BCUT2D eigenvalue weighted by Gasteiger charge is 2.31. The maximum atomic E-state index is 12.7. The van der Waals surface area contributed by atoms with E-state index in [1.807, 2.05) is 0 Å². The van der Waals surface area contributed by atoms with Crippen LogP contribution >= 0.6 is 12.6 Å². The zero-order chi connectivity index (χ0) is 26.7. The smallest absolute Gasteiger partial charge is 0.326 e. The number of amides is 5. The molecule has 0 aliphatic carbocycles. The van der Waals surface area contributed by atoms with Gasteiger partial charge in [0.25, 0.3) is 0 Å². The summed E-state index contributed by atoms with van der Waals surface area (Å²) >= 11 is 3.96. The van der Waals surface area contributed by atoms with Crippen molar-refractivity contribution in [2.24, 2.45) is 17.2 Å². The van der Waals surface area contributed by atoms with Crippen molar-refractivity contribution < 1.29 is 39.0 Å². The molecular formula is C20H28N6O8S. The maximum Gasteiger partial charge on any atom is 0.326 e. The lowest BCUT2D eigenvalue weighted by Crippen LogP contribution is -2.58. The van der Waals surface area contributed by atoms with Gasteiger partial charge >= 0.3 is 5.97 Å². The minimum Gasteiger partial charge on any atom is -0.508 e. The number of phenolic OH excluding ortho intramolecular Hbond substituents is 1. The SMILES string of the molecule is NC(=O)CC(N)C(=O)NC(CS)C(=O)NC(CC(N)=O)C(=O)NC(Cc1ccc(O)cc1)C(=O)O. The van der Waals surface area contributed by atoms with Crippen LogP contribution in [0, 0.1) is 0 Å². The lowest BCUT2D eigenvalue weighted by Gasteiger charge is -2.24. The van der Waals surface area contributed by atoms with Gasteiger partial charge in [-0.15, -0.1) is 0 Å². The largest absolute Gasteiger partial charge is 0.508 e. The number of carboxylic acids is 1. The minimum atomic E-state index is -1.57. The van der Waals surface area contributed by atoms with Gasteiger partial charge in [0.2, 0.25) is 29.5 Å². The Hall–Kier alpha value is -3.85. The van der Waals surface area contributed by atoms with E-state index in [0.29, 0.717) is 5.56 Å². The Balaban J connectivity index is 2.93. The Morgan fingerprint density at radius 1 is 0.800 bits per heavy atom. The molecule has 0 radical (unpaired) electrons. The van der Waals surface area contributed by atoms with Crippen LogP contribution in [0.15, 0.2) is 24.3 Å². The molecule has 0 aromatic heterocycles. The van der Waals surface area contributed by atoms with Crippen LogP contribution in [0.3, 0.4) is 0 Å². The van der Waals surface area contributed by atoms with E-state index in [2.05, 4.69) is 28.6 Å². The van der Waals surface area contributed by atoms with Gasteiger partial charge in [-0.2, -0.15) is 12.6 Å². The van der Waals surface area contributed by atoms with Gasteiger partial charge in [0, 0.05) is 12.2 Å². The van der Waals surface area contributed by atoms with E-state index in [4.69, 9.17) is 17.2 Å². The number of primary amides is 2. The van der Waals surface area contributed by atoms with Crippen molar-refractivity contribution >= 4 is 48.1 Å². The average Bonchev–Trinajstić information content (AvgIpc) is 2.76. The summed E-state index contributed by atoms with van der Waals surface area (Å²) in [5.41, 5.74) is 16.1. The van der Waals surface area contributed by atoms with E-state index < -0.39 is 72.5 Å². The standard InChI is InChI=1S/C20H28N6O8S/c21-11(6-15(22)28)17(30)26-14(8-35)19(32)24-12(7-16(23)29)18(31)25-13(20(33)34)5-9-1-3-10(27)4-2-9/h1-4,11-14,27,35H,5-8,21H2,(H2,22,28)(H2,23,29)(H,24,32)(H,25,31)(H,26,30)(H,33,34). The van der Waals surface area contributed by atoms with Crippen LogP contribution in [-0.2, 0) is 35.2 Å². The fraction of sp³-hybridized carbons (Fsp3) is 0.400. The number of nitrogens with two attached hydrogens (primary N) is 3. The molecule has 0 aliphatic rings. The molecule has 0 aliphatic heterocycles. The Kier molecular flexibility index (Phi) is 11.5. The fourth-order valence-electron chi connectivity index (χ4n) is 2.81. The van der Waals surface area contributed by atoms with Gasteiger partial charge in [0.05, 0.1) is 18.9 Å². The first kappa shape index (κ1) is 29.2. The lowest BCUT2D eigenvalue weighted by molar-refractivity contribution is -0.142. The van der Waals surface area contributed by atoms with Gasteiger partial charge in [-0.05, 0) is 17.7 Å². The van der Waals surface area contributed by atoms with Crippen molar-refractivity contribution in [1.82, 2.24) is 16.0 Å². The predicted octanol–water partition coefficient (Wildman–Crippen LogP) is -3.52. The molecule has 192 valence electrons. The molecule has 11 N–H and O–H groups in total. The molecule has 5 amide bonds. The summed E-state index contributed by atoms with van der Waals surface area (Å²) in [5, 5.41) is 25.5. The molecule has 4 unspecified atom stereocenters. The van der Waals surface area contributed by atoms with E-state index in [1.165, 1.54) is 24.3 Å². The van der Waals surface area contributed by atoms with Crippen LogP contribution in [0.1, 0.15) is 18.4 Å². The Bertz CT molecular complexity index is 957. The number of aliphatic carboxylic acids is 1. The molecule has 0 bridgehead atoms. The van der Waals surface area contributed by atoms with Crippen molar-refractivity contribution in [2.45, 2.75) is 43.4 Å². The number of benzene rings is 1. The number of carbonyl (C=O) groups is 6. The Morgan fingerprint density at radius 2 is 1.29 bits per heavy atom. The average molecular weight is 513 g/mol. The van der Waals surface area contributed by atoms with Crippen LogP contribution in [0.4, 0.5) is 0 Å². The van der Waals surface area contributed by atoms with Gasteiger partial charge in [-0.1, -0.05) is 12.1 Å². The van der Waals surface area contributed by atoms with E-state index >= 15 is 0 Å². The van der Waals surface area contributed by atoms with Crippen molar-refractivity contribution in [1.29, 1.82) is 0 Å². The van der Waals surface area contributed by atoms with Gasteiger partial charge < -0.3 is 43.4 Å². The molecule has 1 aromatic carbocycles. The summed E-state index contributed by atoms with van der Waals surface area (Å²) in [4.78, 5) is 71.4. The number of carbonyl (C=O) groups excluding carboxylic acids is 5. The van der Waals surface area contributed by atoms with Crippen molar-refractivity contribution in [3.05, 3.63) is 29.8 Å². The molecular weight excluding hydrogens is 484 g/mol. The number of nitrogens with one attached hydrogen (secondary N) is 3. The molecule has 0 fully saturated rings. The molecule has 0 saturated heterocycles. The summed E-state index contributed by atoms with van der Waals surface area (Å²) < 4.78 is 0. The zero-order valence-corrected chi connectivity index (χ0v) is 19.4. The van der Waals surface area contributed by atoms with E-state index in [0.717, 1.165) is 0 Å². The number of hydrogen-bond acceptors (Lipinski definition) is 9. The van der Waals surface area contributed by atoms with Crippen LogP contribution in [0.5, 0.6) is 5.75 Å². The third kappa shape index (κ3) is 10.3. The predicted molar refractivity (Wildman–Crippen MR) is 125 cm³/mol. The third-order valence-electron chi connectivity index (χ3n) is 4.60. The van der Waals surface area contributed by atoms with Crippen molar-refractivity contribution in [2.75, 3.05) is 5.75 Å². The zero-order valence-electron chi connectivity index (χ0n) is 18.5. The summed E-state index contributed by atoms with van der Waals surface area (Å²) in [6.07, 6.45) is -1.31. The maximum absolute atomic E-state index is 12.7. The normalized spacial score (nSPS) is 14.0. The first-order valence-corrected chi connectivity index (χ1v) is 10.8. The summed E-state index contributed by atoms with van der Waals surface area (Å²) in [7, 11) is 0. The lowest BCUT2D eigenvalue weighted by atomic mass is 10.0. The molecule has 14 nitrogen and oxygen atoms in total. The van der Waals surface area contributed by atoms with E-state index in [9.17, 15) is 39.0 Å². The Labute approximate surface area is 205 Å². The summed E-state index contributed by atoms with van der Waals surface area (Å²) in [6.45, 7) is 0. The highest BCUT2D eigenvalue weighted by molar-refractivity contribution is 7.80. The molecule has 35 heavy (non-hydrogen) atoms. The van der Waals surface area contributed by atoms with Gasteiger partial charge in [0.15, 0.2) is 0 Å². The quantitative estimate of drug-likeness (QED) is 0.112. The number of thiol groups is 1. The highest BCUT2D eigenvalue weighted by Crippen LogP contribution is 2.12. The first-order valence-electron chi connectivity index (χ1n) is 10.2. The number of rotatable bonds is 14. The molecule has 0 saturated carbocycles. The second-order valence-electron chi connectivity index (χ2n) is 7.52. The molecule has 0 spiro atoms. The van der Waals surface area contributed by atoms with E-state index in [-0.39, 0.29) is 17.9 Å². The Morgan fingerprint density at radius 3 is 1.77 bits per heavy atom.